The van der Waals surface area contributed by atoms with Crippen molar-refractivity contribution in [2.24, 2.45) is 0 Å². The van der Waals surface area contributed by atoms with Crippen molar-refractivity contribution >= 4 is 40.9 Å². The van der Waals surface area contributed by atoms with Crippen LogP contribution in [-0.2, 0) is 24.1 Å². The summed E-state index contributed by atoms with van der Waals surface area (Å²) in [7, 11) is 1.64. The van der Waals surface area contributed by atoms with Crippen molar-refractivity contribution < 1.29 is 9.53 Å². The van der Waals surface area contributed by atoms with Crippen LogP contribution in [0.3, 0.4) is 0 Å². The summed E-state index contributed by atoms with van der Waals surface area (Å²) < 4.78 is 7.23. The maximum absolute atomic E-state index is 12.7. The molecule has 0 bridgehead atoms. The van der Waals surface area contributed by atoms with Crippen LogP contribution >= 0.6 is 35.0 Å². The molecule has 0 saturated heterocycles. The third-order valence-electron chi connectivity index (χ3n) is 6.22. The quantitative estimate of drug-likeness (QED) is 0.201. The number of carbonyl (C=O) groups excluding carboxylic acids is 1. The number of benzene rings is 3. The van der Waals surface area contributed by atoms with Crippen LogP contribution in [0.5, 0.6) is 5.75 Å². The highest BCUT2D eigenvalue weighted by Gasteiger charge is 2.22. The minimum Gasteiger partial charge on any atom is -0.497 e. The molecule has 6 nitrogen and oxygen atoms in total. The molecule has 1 aromatic heterocycles. The van der Waals surface area contributed by atoms with Gasteiger partial charge in [-0.15, -0.1) is 10.2 Å². The molecule has 4 rings (SSSR count). The van der Waals surface area contributed by atoms with Gasteiger partial charge in [-0.2, -0.15) is 0 Å². The Balaban J connectivity index is 1.57. The van der Waals surface area contributed by atoms with Crippen LogP contribution in [0.2, 0.25) is 10.0 Å². The number of ether oxygens (including phenoxy) is 1. The summed E-state index contributed by atoms with van der Waals surface area (Å²) >= 11 is 14.1. The molecule has 4 aromatic rings. The van der Waals surface area contributed by atoms with Gasteiger partial charge in [-0.1, -0.05) is 79.1 Å². The zero-order chi connectivity index (χ0) is 27.1. The van der Waals surface area contributed by atoms with Gasteiger partial charge in [0.05, 0.1) is 23.6 Å². The van der Waals surface area contributed by atoms with E-state index in [2.05, 4.69) is 47.6 Å². The van der Waals surface area contributed by atoms with E-state index >= 15 is 0 Å². The number of nitrogens with zero attached hydrogens (tertiary/aromatic N) is 3. The molecule has 0 aliphatic rings. The number of hydrogen-bond donors (Lipinski definition) is 1. The number of aromatic nitrogens is 3. The standard InChI is InChI=1S/C29H30Cl2N4O2S/c1-4-20-7-6-8-21(5-2)27(20)35-28(24-14-11-22(30)17-25(24)31)33-34-29(35)38-18-26(36)32-16-15-19-9-12-23(37-3)13-10-19/h6-14,17H,4-5,15-16,18H2,1-3H3,(H,32,36). The molecule has 0 radical (unpaired) electrons. The maximum Gasteiger partial charge on any atom is 0.230 e. The van der Waals surface area contributed by atoms with Crippen molar-refractivity contribution in [1.29, 1.82) is 0 Å². The van der Waals surface area contributed by atoms with Gasteiger partial charge in [0.2, 0.25) is 5.91 Å². The highest BCUT2D eigenvalue weighted by atomic mass is 35.5. The van der Waals surface area contributed by atoms with Gasteiger partial charge in [0.1, 0.15) is 5.75 Å². The van der Waals surface area contributed by atoms with Crippen molar-refractivity contribution in [2.45, 2.75) is 38.3 Å². The second-order valence-corrected chi connectivity index (χ2v) is 10.4. The van der Waals surface area contributed by atoms with E-state index in [0.29, 0.717) is 27.6 Å². The zero-order valence-corrected chi connectivity index (χ0v) is 24.0. The van der Waals surface area contributed by atoms with E-state index < -0.39 is 0 Å². The summed E-state index contributed by atoms with van der Waals surface area (Å²) in [6.45, 7) is 4.80. The lowest BCUT2D eigenvalue weighted by Crippen LogP contribution is -2.27. The fourth-order valence-electron chi connectivity index (χ4n) is 4.23. The Morgan fingerprint density at radius 1 is 1.00 bits per heavy atom. The first kappa shape index (κ1) is 28.0. The van der Waals surface area contributed by atoms with E-state index in [9.17, 15) is 4.79 Å². The van der Waals surface area contributed by atoms with Crippen LogP contribution in [0.15, 0.2) is 65.8 Å². The van der Waals surface area contributed by atoms with E-state index in [0.717, 1.165) is 41.8 Å². The average molecular weight is 570 g/mol. The Hall–Kier alpha value is -3.00. The molecular formula is C29H30Cl2N4O2S. The summed E-state index contributed by atoms with van der Waals surface area (Å²) in [4.78, 5) is 12.7. The average Bonchev–Trinajstić information content (AvgIpc) is 3.34. The fourth-order valence-corrected chi connectivity index (χ4v) is 5.49. The van der Waals surface area contributed by atoms with Crippen LogP contribution in [0.25, 0.3) is 17.1 Å². The molecule has 0 aliphatic heterocycles. The van der Waals surface area contributed by atoms with Gasteiger partial charge in [-0.3, -0.25) is 9.36 Å². The van der Waals surface area contributed by atoms with E-state index in [1.807, 2.05) is 34.9 Å². The number of rotatable bonds is 11. The maximum atomic E-state index is 12.7. The Morgan fingerprint density at radius 3 is 2.34 bits per heavy atom. The van der Waals surface area contributed by atoms with Gasteiger partial charge >= 0.3 is 0 Å². The summed E-state index contributed by atoms with van der Waals surface area (Å²) in [5.74, 6) is 1.58. The normalized spacial score (nSPS) is 11.0. The lowest BCUT2D eigenvalue weighted by molar-refractivity contribution is -0.118. The number of halogens is 2. The first-order chi connectivity index (χ1) is 18.4. The molecule has 0 spiro atoms. The molecular weight excluding hydrogens is 539 g/mol. The van der Waals surface area contributed by atoms with Gasteiger partial charge < -0.3 is 10.1 Å². The Bertz CT molecular complexity index is 1380. The monoisotopic (exact) mass is 568 g/mol. The SMILES string of the molecule is CCc1cccc(CC)c1-n1c(SCC(=O)NCCc2ccc(OC)cc2)nnc1-c1ccc(Cl)cc1Cl. The molecule has 0 fully saturated rings. The predicted octanol–water partition coefficient (Wildman–Crippen LogP) is 6.83. The first-order valence-electron chi connectivity index (χ1n) is 12.5. The Morgan fingerprint density at radius 2 is 1.71 bits per heavy atom. The van der Waals surface area contributed by atoms with Crippen molar-refractivity contribution in [3.63, 3.8) is 0 Å². The Labute approximate surface area is 237 Å². The number of thioether (sulfide) groups is 1. The first-order valence-corrected chi connectivity index (χ1v) is 14.2. The van der Waals surface area contributed by atoms with Gasteiger partial charge in [0.15, 0.2) is 11.0 Å². The van der Waals surface area contributed by atoms with E-state index in [1.54, 1.807) is 19.2 Å². The number of hydrogen-bond acceptors (Lipinski definition) is 5. The summed E-state index contributed by atoms with van der Waals surface area (Å²) in [6.07, 6.45) is 2.41. The number of aryl methyl sites for hydroxylation is 2. The molecule has 0 aliphatic carbocycles. The number of carbonyl (C=O) groups is 1. The molecule has 198 valence electrons. The summed E-state index contributed by atoms with van der Waals surface area (Å²) in [6, 6.07) is 19.5. The van der Waals surface area contributed by atoms with Crippen LogP contribution in [0, 0.1) is 0 Å². The van der Waals surface area contributed by atoms with Crippen LogP contribution in [-0.4, -0.2) is 40.1 Å². The highest BCUT2D eigenvalue weighted by Crippen LogP contribution is 2.35. The largest absolute Gasteiger partial charge is 0.497 e. The van der Waals surface area contributed by atoms with Crippen LogP contribution in [0.1, 0.15) is 30.5 Å². The number of nitrogens with one attached hydrogen (secondary N) is 1. The smallest absolute Gasteiger partial charge is 0.230 e. The summed E-state index contributed by atoms with van der Waals surface area (Å²) in [5, 5.41) is 13.7. The van der Waals surface area contributed by atoms with Crippen molar-refractivity contribution in [1.82, 2.24) is 20.1 Å². The fraction of sp³-hybridized carbons (Fsp3) is 0.276. The van der Waals surface area contributed by atoms with Crippen molar-refractivity contribution in [3.05, 3.63) is 87.4 Å². The highest BCUT2D eigenvalue weighted by molar-refractivity contribution is 7.99. The van der Waals surface area contributed by atoms with Gasteiger partial charge in [0.25, 0.3) is 0 Å². The number of amides is 1. The minimum absolute atomic E-state index is 0.0661. The third-order valence-corrected chi connectivity index (χ3v) is 7.70. The van der Waals surface area contributed by atoms with Gasteiger partial charge in [-0.25, -0.2) is 0 Å². The minimum atomic E-state index is -0.0661. The molecule has 1 N–H and O–H groups in total. The second kappa shape index (κ2) is 13.2. The lowest BCUT2D eigenvalue weighted by atomic mass is 10.0. The van der Waals surface area contributed by atoms with Crippen molar-refractivity contribution in [3.8, 4) is 22.8 Å². The molecule has 0 saturated carbocycles. The van der Waals surface area contributed by atoms with E-state index in [4.69, 9.17) is 27.9 Å². The van der Waals surface area contributed by atoms with Crippen LogP contribution < -0.4 is 10.1 Å². The topological polar surface area (TPSA) is 69.0 Å². The molecule has 0 unspecified atom stereocenters. The molecule has 0 atom stereocenters. The molecule has 3 aromatic carbocycles. The zero-order valence-electron chi connectivity index (χ0n) is 21.6. The van der Waals surface area contributed by atoms with Crippen molar-refractivity contribution in [2.75, 3.05) is 19.4 Å². The van der Waals surface area contributed by atoms with E-state index in [-0.39, 0.29) is 11.7 Å². The van der Waals surface area contributed by atoms with Gasteiger partial charge in [0, 0.05) is 17.1 Å². The summed E-state index contributed by atoms with van der Waals surface area (Å²) in [5.41, 5.74) is 5.23. The molecule has 38 heavy (non-hydrogen) atoms. The van der Waals surface area contributed by atoms with Gasteiger partial charge in [-0.05, 0) is 66.3 Å². The number of methoxy groups -OCH3 is 1. The molecule has 9 heteroatoms. The van der Waals surface area contributed by atoms with Crippen LogP contribution in [0.4, 0.5) is 0 Å². The predicted molar refractivity (Wildman–Crippen MR) is 156 cm³/mol. The second-order valence-electron chi connectivity index (χ2n) is 8.63. The number of para-hydroxylation sites is 1. The molecule has 1 amide bonds. The third kappa shape index (κ3) is 6.52. The Kier molecular flexibility index (Phi) is 9.72. The molecule has 1 heterocycles. The lowest BCUT2D eigenvalue weighted by Gasteiger charge is -2.18. The van der Waals surface area contributed by atoms with E-state index in [1.165, 1.54) is 22.9 Å².